The highest BCUT2D eigenvalue weighted by molar-refractivity contribution is 5.92. The van der Waals surface area contributed by atoms with E-state index in [-0.39, 0.29) is 11.1 Å². The molecule has 0 aliphatic carbocycles. The van der Waals surface area contributed by atoms with Crippen molar-refractivity contribution in [3.63, 3.8) is 0 Å². The summed E-state index contributed by atoms with van der Waals surface area (Å²) in [4.78, 5) is 40.2. The number of hydrogen-bond acceptors (Lipinski definition) is 5. The molecule has 0 atom stereocenters. The molecule has 0 spiro atoms. The van der Waals surface area contributed by atoms with Gasteiger partial charge in [0.1, 0.15) is 0 Å². The van der Waals surface area contributed by atoms with Crippen LogP contribution in [0.15, 0.2) is 24.3 Å². The summed E-state index contributed by atoms with van der Waals surface area (Å²) in [7, 11) is 0. The van der Waals surface area contributed by atoms with Crippen molar-refractivity contribution in [2.45, 2.75) is 6.92 Å². The molecule has 0 radical (unpaired) electrons. The van der Waals surface area contributed by atoms with Crippen LogP contribution in [0.25, 0.3) is 0 Å². The first kappa shape index (κ1) is 11.7. The molecule has 0 saturated heterocycles. The van der Waals surface area contributed by atoms with Crippen molar-refractivity contribution in [1.29, 1.82) is 0 Å². The Morgan fingerprint density at radius 2 is 1.50 bits per heavy atom. The molecule has 0 bridgehead atoms. The van der Waals surface area contributed by atoms with Crippen LogP contribution in [0.5, 0.6) is 0 Å². The molecule has 1 aromatic carbocycles. The smallest absolute Gasteiger partial charge is 0.386 e. The minimum atomic E-state index is -1.10. The molecule has 6 nitrogen and oxygen atoms in total. The summed E-state index contributed by atoms with van der Waals surface area (Å²) < 4.78 is 0. The lowest BCUT2D eigenvalue weighted by molar-refractivity contribution is -0.231. The van der Waals surface area contributed by atoms with E-state index in [0.717, 1.165) is 6.92 Å². The Balaban J connectivity index is 2.70. The molecule has 0 fully saturated rings. The molecule has 0 saturated carbocycles. The highest BCUT2D eigenvalue weighted by Crippen LogP contribution is 2.06. The van der Waals surface area contributed by atoms with E-state index < -0.39 is 17.9 Å². The van der Waals surface area contributed by atoms with Crippen LogP contribution in [0.1, 0.15) is 27.6 Å². The first-order valence-electron chi connectivity index (χ1n) is 4.23. The van der Waals surface area contributed by atoms with Crippen LogP contribution in [-0.2, 0) is 14.6 Å². The van der Waals surface area contributed by atoms with E-state index in [1.54, 1.807) is 0 Å². The fourth-order valence-corrected chi connectivity index (χ4v) is 0.894. The zero-order valence-corrected chi connectivity index (χ0v) is 8.30. The lowest BCUT2D eigenvalue weighted by Crippen LogP contribution is -2.09. The van der Waals surface area contributed by atoms with Gasteiger partial charge in [-0.2, -0.15) is 0 Å². The lowest BCUT2D eigenvalue weighted by atomic mass is 10.1. The zero-order valence-electron chi connectivity index (χ0n) is 8.30. The number of aromatic carboxylic acids is 1. The third-order valence-corrected chi connectivity index (χ3v) is 1.60. The Labute approximate surface area is 90.3 Å². The standard InChI is InChI=1S/C10H8O6/c1-6(11)15-16-10(14)8-4-2-7(3-5-8)9(12)13/h2-5H,1H3,(H,12,13). The van der Waals surface area contributed by atoms with Crippen LogP contribution in [-0.4, -0.2) is 23.0 Å². The molecule has 1 N–H and O–H groups in total. The summed E-state index contributed by atoms with van der Waals surface area (Å²) >= 11 is 0. The van der Waals surface area contributed by atoms with Crippen molar-refractivity contribution < 1.29 is 29.3 Å². The van der Waals surface area contributed by atoms with E-state index in [1.807, 2.05) is 0 Å². The Morgan fingerprint density at radius 1 is 1.00 bits per heavy atom. The van der Waals surface area contributed by atoms with Gasteiger partial charge in [0.25, 0.3) is 0 Å². The fourth-order valence-electron chi connectivity index (χ4n) is 0.894. The summed E-state index contributed by atoms with van der Waals surface area (Å²) in [6, 6.07) is 5.00. The summed E-state index contributed by atoms with van der Waals surface area (Å²) in [5, 5.41) is 8.60. The molecule has 0 aromatic heterocycles. The van der Waals surface area contributed by atoms with Gasteiger partial charge in [-0.25, -0.2) is 24.2 Å². The summed E-state index contributed by atoms with van der Waals surface area (Å²) in [6.45, 7) is 1.08. The zero-order chi connectivity index (χ0) is 12.1. The Morgan fingerprint density at radius 3 is 1.94 bits per heavy atom. The molecular formula is C10H8O6. The number of hydrogen-bond donors (Lipinski definition) is 1. The molecule has 0 aliphatic heterocycles. The minimum Gasteiger partial charge on any atom is -0.478 e. The number of rotatable bonds is 2. The van der Waals surface area contributed by atoms with Gasteiger partial charge in [0.2, 0.25) is 0 Å². The van der Waals surface area contributed by atoms with Crippen LogP contribution in [0.2, 0.25) is 0 Å². The molecule has 0 heterocycles. The van der Waals surface area contributed by atoms with Crippen molar-refractivity contribution >= 4 is 17.9 Å². The predicted octanol–water partition coefficient (Wildman–Crippen LogP) is 1.02. The number of benzene rings is 1. The van der Waals surface area contributed by atoms with Gasteiger partial charge in [0.05, 0.1) is 11.1 Å². The van der Waals surface area contributed by atoms with E-state index in [4.69, 9.17) is 5.11 Å². The second-order valence-corrected chi connectivity index (χ2v) is 2.83. The van der Waals surface area contributed by atoms with E-state index in [0.29, 0.717) is 0 Å². The highest BCUT2D eigenvalue weighted by Gasteiger charge is 2.11. The normalized spacial score (nSPS) is 9.31. The largest absolute Gasteiger partial charge is 0.478 e. The third-order valence-electron chi connectivity index (χ3n) is 1.60. The Hall–Kier alpha value is -2.37. The number of carbonyl (C=O) groups is 3. The van der Waals surface area contributed by atoms with Crippen LogP contribution < -0.4 is 0 Å². The lowest BCUT2D eigenvalue weighted by Gasteiger charge is -2.01. The maximum Gasteiger partial charge on any atom is 0.386 e. The topological polar surface area (TPSA) is 89.9 Å². The predicted molar refractivity (Wildman–Crippen MR) is 50.6 cm³/mol. The van der Waals surface area contributed by atoms with Crippen molar-refractivity contribution in [2.75, 3.05) is 0 Å². The van der Waals surface area contributed by atoms with Gasteiger partial charge >= 0.3 is 17.9 Å². The van der Waals surface area contributed by atoms with Crippen molar-refractivity contribution in [3.8, 4) is 0 Å². The van der Waals surface area contributed by atoms with Crippen LogP contribution in [0, 0.1) is 0 Å². The molecule has 1 aromatic rings. The Kier molecular flexibility index (Phi) is 3.60. The van der Waals surface area contributed by atoms with Crippen molar-refractivity contribution in [2.24, 2.45) is 0 Å². The molecule has 6 heteroatoms. The van der Waals surface area contributed by atoms with E-state index in [2.05, 4.69) is 9.78 Å². The molecular weight excluding hydrogens is 216 g/mol. The average Bonchev–Trinajstić information content (AvgIpc) is 2.26. The maximum absolute atomic E-state index is 11.2. The minimum absolute atomic E-state index is 0.0454. The van der Waals surface area contributed by atoms with Gasteiger partial charge < -0.3 is 5.11 Å². The first-order chi connectivity index (χ1) is 7.50. The van der Waals surface area contributed by atoms with Crippen LogP contribution in [0.3, 0.4) is 0 Å². The fraction of sp³-hybridized carbons (Fsp3) is 0.100. The van der Waals surface area contributed by atoms with Crippen LogP contribution in [0.4, 0.5) is 0 Å². The van der Waals surface area contributed by atoms with Gasteiger partial charge in [-0.3, -0.25) is 0 Å². The Bertz CT molecular complexity index is 419. The number of carboxylic acids is 1. The molecule has 84 valence electrons. The third kappa shape index (κ3) is 3.09. The summed E-state index contributed by atoms with van der Waals surface area (Å²) in [6.07, 6.45) is 0. The second kappa shape index (κ2) is 4.92. The van der Waals surface area contributed by atoms with Gasteiger partial charge in [-0.15, -0.1) is 0 Å². The highest BCUT2D eigenvalue weighted by atomic mass is 17.2. The number of carbonyl (C=O) groups excluding carboxylic acids is 2. The molecule has 0 unspecified atom stereocenters. The monoisotopic (exact) mass is 224 g/mol. The average molecular weight is 224 g/mol. The van der Waals surface area contributed by atoms with E-state index in [1.165, 1.54) is 24.3 Å². The van der Waals surface area contributed by atoms with Crippen LogP contribution >= 0.6 is 0 Å². The van der Waals surface area contributed by atoms with Crippen molar-refractivity contribution in [1.82, 2.24) is 0 Å². The molecule has 1 rings (SSSR count). The van der Waals surface area contributed by atoms with Gasteiger partial charge in [0, 0.05) is 6.92 Å². The van der Waals surface area contributed by atoms with Gasteiger partial charge in [-0.05, 0) is 24.3 Å². The summed E-state index contributed by atoms with van der Waals surface area (Å²) in [5.41, 5.74) is 0.135. The number of carboxylic acid groups (broad SMARTS) is 1. The molecule has 0 amide bonds. The van der Waals surface area contributed by atoms with E-state index >= 15 is 0 Å². The SMILES string of the molecule is CC(=O)OOC(=O)c1ccc(C(=O)O)cc1. The van der Waals surface area contributed by atoms with Gasteiger partial charge in [-0.1, -0.05) is 0 Å². The molecule has 0 aliphatic rings. The molecule has 16 heavy (non-hydrogen) atoms. The quantitative estimate of drug-likeness (QED) is 0.595. The van der Waals surface area contributed by atoms with Gasteiger partial charge in [0.15, 0.2) is 0 Å². The van der Waals surface area contributed by atoms with E-state index in [9.17, 15) is 14.4 Å². The first-order valence-corrected chi connectivity index (χ1v) is 4.23. The maximum atomic E-state index is 11.2. The van der Waals surface area contributed by atoms with Crippen molar-refractivity contribution in [3.05, 3.63) is 35.4 Å². The second-order valence-electron chi connectivity index (χ2n) is 2.83. The summed E-state index contributed by atoms with van der Waals surface area (Å²) in [5.74, 6) is -2.72.